The van der Waals surface area contributed by atoms with E-state index >= 15 is 0 Å². The first-order chi connectivity index (χ1) is 12.0. The van der Waals surface area contributed by atoms with Crippen molar-refractivity contribution in [2.24, 2.45) is 0 Å². The number of hydrogen-bond donors (Lipinski definition) is 1. The summed E-state index contributed by atoms with van der Waals surface area (Å²) in [5.41, 5.74) is 1.52. The van der Waals surface area contributed by atoms with Crippen LogP contribution in [0.25, 0.3) is 0 Å². The van der Waals surface area contributed by atoms with Crippen LogP contribution in [0.4, 0.5) is 0 Å². The Morgan fingerprint density at radius 2 is 2.08 bits per heavy atom. The summed E-state index contributed by atoms with van der Waals surface area (Å²) in [6, 6.07) is 9.31. The van der Waals surface area contributed by atoms with E-state index in [-0.39, 0.29) is 17.9 Å². The molecule has 1 saturated heterocycles. The summed E-state index contributed by atoms with van der Waals surface area (Å²) >= 11 is 15.6. The van der Waals surface area contributed by atoms with Crippen LogP contribution in [-0.4, -0.2) is 42.0 Å². The summed E-state index contributed by atoms with van der Waals surface area (Å²) in [5, 5.41) is 4.47. The minimum atomic E-state index is -0.0792. The lowest BCUT2D eigenvalue weighted by Crippen LogP contribution is -2.49. The van der Waals surface area contributed by atoms with Gasteiger partial charge in [0.15, 0.2) is 0 Å². The summed E-state index contributed by atoms with van der Waals surface area (Å²) in [4.78, 5) is 18.9. The highest BCUT2D eigenvalue weighted by molar-refractivity contribution is 9.10. The number of rotatable bonds is 3. The molecule has 132 valence electrons. The second-order valence-electron chi connectivity index (χ2n) is 6.12. The van der Waals surface area contributed by atoms with Gasteiger partial charge in [-0.2, -0.15) is 0 Å². The number of piperidine rings is 1. The number of aromatic nitrogens is 1. The van der Waals surface area contributed by atoms with Gasteiger partial charge in [0.1, 0.15) is 5.69 Å². The van der Waals surface area contributed by atoms with Crippen molar-refractivity contribution < 1.29 is 4.79 Å². The van der Waals surface area contributed by atoms with Crippen LogP contribution in [-0.2, 0) is 0 Å². The molecule has 1 amide bonds. The number of pyridine rings is 1. The molecule has 1 aromatic carbocycles. The Kier molecular flexibility index (Phi) is 6.00. The third kappa shape index (κ3) is 4.17. The molecule has 1 aliphatic rings. The highest BCUT2D eigenvalue weighted by Gasteiger charge is 2.32. The zero-order chi connectivity index (χ0) is 18.0. The highest BCUT2D eigenvalue weighted by Crippen LogP contribution is 2.32. The molecule has 1 aromatic heterocycles. The largest absolute Gasteiger partial charge is 0.337 e. The SMILES string of the molecule is CN(C(=O)c1ccc(Br)cn1)[C@@H]1CCNC[C@H]1c1ccc(Cl)c(Cl)c1. The lowest BCUT2D eigenvalue weighted by atomic mass is 9.86. The smallest absolute Gasteiger partial charge is 0.272 e. The third-order valence-corrected chi connectivity index (χ3v) is 5.79. The minimum Gasteiger partial charge on any atom is -0.337 e. The van der Waals surface area contributed by atoms with Crippen LogP contribution in [0.1, 0.15) is 28.4 Å². The molecule has 0 saturated carbocycles. The van der Waals surface area contributed by atoms with Gasteiger partial charge in [-0.25, -0.2) is 4.98 Å². The monoisotopic (exact) mass is 441 g/mol. The lowest BCUT2D eigenvalue weighted by Gasteiger charge is -2.38. The number of nitrogens with zero attached hydrogens (tertiary/aromatic N) is 2. The van der Waals surface area contributed by atoms with Gasteiger partial charge in [0, 0.05) is 36.2 Å². The van der Waals surface area contributed by atoms with Gasteiger partial charge in [-0.1, -0.05) is 29.3 Å². The summed E-state index contributed by atoms with van der Waals surface area (Å²) in [6.45, 7) is 1.65. The van der Waals surface area contributed by atoms with Crippen LogP contribution in [0.15, 0.2) is 41.0 Å². The molecule has 2 heterocycles. The Balaban J connectivity index is 1.85. The quantitative estimate of drug-likeness (QED) is 0.767. The van der Waals surface area contributed by atoms with Crippen molar-refractivity contribution >= 4 is 45.0 Å². The van der Waals surface area contributed by atoms with Crippen LogP contribution >= 0.6 is 39.1 Å². The molecule has 2 aromatic rings. The topological polar surface area (TPSA) is 45.2 Å². The summed E-state index contributed by atoms with van der Waals surface area (Å²) < 4.78 is 0.849. The molecule has 7 heteroatoms. The molecule has 0 bridgehead atoms. The van der Waals surface area contributed by atoms with Crippen molar-refractivity contribution in [3.05, 3.63) is 62.3 Å². The van der Waals surface area contributed by atoms with E-state index in [1.54, 1.807) is 17.2 Å². The Morgan fingerprint density at radius 3 is 2.76 bits per heavy atom. The van der Waals surface area contributed by atoms with Crippen molar-refractivity contribution in [3.8, 4) is 0 Å². The van der Waals surface area contributed by atoms with E-state index in [0.717, 1.165) is 29.5 Å². The Bertz CT molecular complexity index is 769. The molecule has 1 N–H and O–H groups in total. The lowest BCUT2D eigenvalue weighted by molar-refractivity contribution is 0.0673. The second-order valence-corrected chi connectivity index (χ2v) is 7.85. The molecule has 1 aliphatic heterocycles. The fraction of sp³-hybridized carbons (Fsp3) is 0.333. The van der Waals surface area contributed by atoms with E-state index in [1.165, 1.54) is 0 Å². The summed E-state index contributed by atoms with van der Waals surface area (Å²) in [7, 11) is 1.84. The minimum absolute atomic E-state index is 0.0661. The first-order valence-electron chi connectivity index (χ1n) is 8.01. The van der Waals surface area contributed by atoms with Crippen molar-refractivity contribution in [1.82, 2.24) is 15.2 Å². The average molecular weight is 443 g/mol. The predicted octanol–water partition coefficient (Wildman–Crippen LogP) is 4.37. The number of amides is 1. The van der Waals surface area contributed by atoms with E-state index in [9.17, 15) is 4.79 Å². The van der Waals surface area contributed by atoms with E-state index in [2.05, 4.69) is 26.2 Å². The second kappa shape index (κ2) is 8.04. The molecule has 25 heavy (non-hydrogen) atoms. The molecule has 1 fully saturated rings. The van der Waals surface area contributed by atoms with E-state index in [4.69, 9.17) is 23.2 Å². The molecular weight excluding hydrogens is 425 g/mol. The summed E-state index contributed by atoms with van der Waals surface area (Å²) in [5.74, 6) is 0.0670. The normalized spacial score (nSPS) is 20.3. The van der Waals surface area contributed by atoms with Crippen LogP contribution in [0.3, 0.4) is 0 Å². The number of carbonyl (C=O) groups is 1. The van der Waals surface area contributed by atoms with E-state index < -0.39 is 0 Å². The van der Waals surface area contributed by atoms with Crippen LogP contribution in [0.2, 0.25) is 10.0 Å². The predicted molar refractivity (Wildman–Crippen MR) is 105 cm³/mol. The van der Waals surface area contributed by atoms with E-state index in [1.807, 2.05) is 31.3 Å². The molecule has 4 nitrogen and oxygen atoms in total. The van der Waals surface area contributed by atoms with Gasteiger partial charge in [-0.05, 0) is 58.7 Å². The Morgan fingerprint density at radius 1 is 1.28 bits per heavy atom. The number of hydrogen-bond acceptors (Lipinski definition) is 3. The molecule has 0 spiro atoms. The maximum absolute atomic E-state index is 12.8. The first kappa shape index (κ1) is 18.6. The van der Waals surface area contributed by atoms with Crippen molar-refractivity contribution in [2.75, 3.05) is 20.1 Å². The Labute approximate surface area is 165 Å². The fourth-order valence-corrected chi connectivity index (χ4v) is 3.77. The molecule has 0 aliphatic carbocycles. The average Bonchev–Trinajstić information content (AvgIpc) is 2.63. The number of benzene rings is 1. The number of nitrogens with one attached hydrogen (secondary N) is 1. The highest BCUT2D eigenvalue weighted by atomic mass is 79.9. The zero-order valence-electron chi connectivity index (χ0n) is 13.7. The number of carbonyl (C=O) groups excluding carboxylic acids is 1. The van der Waals surface area contributed by atoms with Crippen molar-refractivity contribution in [1.29, 1.82) is 0 Å². The van der Waals surface area contributed by atoms with Crippen LogP contribution in [0.5, 0.6) is 0 Å². The molecule has 3 rings (SSSR count). The maximum Gasteiger partial charge on any atom is 0.272 e. The number of likely N-dealkylation sites (N-methyl/N-ethyl adjacent to an activating group) is 1. The van der Waals surface area contributed by atoms with Gasteiger partial charge < -0.3 is 10.2 Å². The summed E-state index contributed by atoms with van der Waals surface area (Å²) in [6.07, 6.45) is 2.50. The molecule has 0 radical (unpaired) electrons. The fourth-order valence-electron chi connectivity index (χ4n) is 3.22. The maximum atomic E-state index is 12.8. The van der Waals surface area contributed by atoms with Gasteiger partial charge in [0.25, 0.3) is 5.91 Å². The van der Waals surface area contributed by atoms with Crippen LogP contribution < -0.4 is 5.32 Å². The van der Waals surface area contributed by atoms with Crippen LogP contribution in [0, 0.1) is 0 Å². The van der Waals surface area contributed by atoms with Gasteiger partial charge in [0.05, 0.1) is 10.0 Å². The zero-order valence-corrected chi connectivity index (χ0v) is 16.8. The Hall–Kier alpha value is -1.14. The number of halogens is 3. The van der Waals surface area contributed by atoms with Crippen molar-refractivity contribution in [3.63, 3.8) is 0 Å². The molecular formula is C18H18BrCl2N3O. The standard InChI is InChI=1S/C18H18BrCl2N3O/c1-24(18(25)16-5-3-12(19)9-23-16)17-6-7-22-10-13(17)11-2-4-14(20)15(21)8-11/h2-5,8-9,13,17,22H,6-7,10H2,1H3/t13-,17+/m0/s1. The van der Waals surface area contributed by atoms with Gasteiger partial charge in [0.2, 0.25) is 0 Å². The van der Waals surface area contributed by atoms with Gasteiger partial charge in [-0.15, -0.1) is 0 Å². The van der Waals surface area contributed by atoms with Crippen molar-refractivity contribution in [2.45, 2.75) is 18.4 Å². The van der Waals surface area contributed by atoms with E-state index in [0.29, 0.717) is 15.7 Å². The third-order valence-electron chi connectivity index (χ3n) is 4.58. The molecule has 0 unspecified atom stereocenters. The molecule has 2 atom stereocenters. The first-order valence-corrected chi connectivity index (χ1v) is 9.56. The van der Waals surface area contributed by atoms with Gasteiger partial charge in [-0.3, -0.25) is 4.79 Å². The van der Waals surface area contributed by atoms with Gasteiger partial charge >= 0.3 is 0 Å².